The molecular formula is C24H18FN3O3. The van der Waals surface area contributed by atoms with Gasteiger partial charge in [-0.15, -0.1) is 0 Å². The van der Waals surface area contributed by atoms with Crippen LogP contribution in [0.25, 0.3) is 16.8 Å². The first-order valence-corrected chi connectivity index (χ1v) is 9.51. The van der Waals surface area contributed by atoms with Crippen LogP contribution in [-0.2, 0) is 9.53 Å². The Morgan fingerprint density at radius 1 is 0.935 bits per heavy atom. The van der Waals surface area contributed by atoms with Gasteiger partial charge in [-0.05, 0) is 35.9 Å². The number of hydrogen-bond donors (Lipinski definition) is 1. The molecule has 1 aromatic heterocycles. The minimum absolute atomic E-state index is 0.129. The fraction of sp³-hybridized carbons (Fsp3) is 0.0417. The van der Waals surface area contributed by atoms with Gasteiger partial charge in [0.1, 0.15) is 5.82 Å². The van der Waals surface area contributed by atoms with E-state index in [0.29, 0.717) is 11.4 Å². The number of nitrogens with one attached hydrogen (secondary N) is 1. The Morgan fingerprint density at radius 3 is 2.42 bits per heavy atom. The Hall–Kier alpha value is -4.26. The Labute approximate surface area is 177 Å². The van der Waals surface area contributed by atoms with Gasteiger partial charge in [0.15, 0.2) is 12.3 Å². The lowest BCUT2D eigenvalue weighted by atomic mass is 10.0. The van der Waals surface area contributed by atoms with Gasteiger partial charge in [-0.2, -0.15) is 0 Å². The normalized spacial score (nSPS) is 10.5. The molecule has 154 valence electrons. The summed E-state index contributed by atoms with van der Waals surface area (Å²) in [7, 11) is 0. The number of esters is 1. The molecule has 0 saturated heterocycles. The topological polar surface area (TPSA) is 73.2 Å². The predicted molar refractivity (Wildman–Crippen MR) is 114 cm³/mol. The monoisotopic (exact) mass is 415 g/mol. The Balaban J connectivity index is 1.42. The van der Waals surface area contributed by atoms with E-state index >= 15 is 0 Å². The molecule has 4 rings (SSSR count). The maximum Gasteiger partial charge on any atom is 0.357 e. The van der Waals surface area contributed by atoms with E-state index in [1.54, 1.807) is 6.07 Å². The van der Waals surface area contributed by atoms with E-state index in [0.717, 1.165) is 11.1 Å². The molecule has 0 aliphatic heterocycles. The number of para-hydroxylation sites is 1. The number of ether oxygens (including phenoxy) is 1. The highest BCUT2D eigenvalue weighted by Gasteiger charge is 2.17. The third-order valence-electron chi connectivity index (χ3n) is 4.57. The van der Waals surface area contributed by atoms with Crippen molar-refractivity contribution in [2.24, 2.45) is 0 Å². The molecule has 1 amide bonds. The van der Waals surface area contributed by atoms with Gasteiger partial charge in [0.05, 0.1) is 12.5 Å². The van der Waals surface area contributed by atoms with Crippen LogP contribution in [0.3, 0.4) is 0 Å². The molecule has 0 fully saturated rings. The Morgan fingerprint density at radius 2 is 1.65 bits per heavy atom. The van der Waals surface area contributed by atoms with Crippen molar-refractivity contribution in [1.29, 1.82) is 0 Å². The molecule has 0 unspecified atom stereocenters. The summed E-state index contributed by atoms with van der Waals surface area (Å²) in [4.78, 5) is 28.8. The molecule has 0 atom stereocenters. The lowest BCUT2D eigenvalue weighted by molar-refractivity contribution is -0.119. The number of hydrogen-bond acceptors (Lipinski definition) is 4. The van der Waals surface area contributed by atoms with Gasteiger partial charge >= 0.3 is 5.97 Å². The molecule has 0 aliphatic rings. The average Bonchev–Trinajstić information content (AvgIpc) is 3.29. The predicted octanol–water partition coefficient (Wildman–Crippen LogP) is 4.47. The van der Waals surface area contributed by atoms with Crippen LogP contribution in [0.5, 0.6) is 0 Å². The molecule has 0 bridgehead atoms. The number of anilines is 1. The Bertz CT molecular complexity index is 1200. The van der Waals surface area contributed by atoms with Gasteiger partial charge in [-0.3, -0.25) is 9.36 Å². The van der Waals surface area contributed by atoms with E-state index in [1.165, 1.54) is 41.4 Å². The van der Waals surface area contributed by atoms with Crippen molar-refractivity contribution in [3.05, 3.63) is 103 Å². The van der Waals surface area contributed by atoms with E-state index in [2.05, 4.69) is 10.3 Å². The molecule has 6 nitrogen and oxygen atoms in total. The molecule has 0 saturated carbocycles. The maximum atomic E-state index is 13.2. The third-order valence-corrected chi connectivity index (χ3v) is 4.57. The van der Waals surface area contributed by atoms with Crippen molar-refractivity contribution in [1.82, 2.24) is 9.55 Å². The van der Waals surface area contributed by atoms with Crippen LogP contribution in [0.1, 0.15) is 10.5 Å². The number of aromatic nitrogens is 2. The average molecular weight is 415 g/mol. The zero-order chi connectivity index (χ0) is 21.6. The van der Waals surface area contributed by atoms with Gasteiger partial charge in [0.25, 0.3) is 5.91 Å². The highest BCUT2D eigenvalue weighted by Crippen LogP contribution is 2.27. The Kier molecular flexibility index (Phi) is 5.84. The molecule has 7 heteroatoms. The maximum absolute atomic E-state index is 13.2. The summed E-state index contributed by atoms with van der Waals surface area (Å²) in [6, 6.07) is 22.6. The summed E-state index contributed by atoms with van der Waals surface area (Å²) >= 11 is 0. The van der Waals surface area contributed by atoms with E-state index in [4.69, 9.17) is 4.74 Å². The van der Waals surface area contributed by atoms with E-state index in [9.17, 15) is 14.0 Å². The van der Waals surface area contributed by atoms with Crippen LogP contribution in [0.4, 0.5) is 10.1 Å². The number of imidazole rings is 1. The fourth-order valence-corrected chi connectivity index (χ4v) is 3.11. The van der Waals surface area contributed by atoms with Crippen LogP contribution in [-0.4, -0.2) is 28.0 Å². The van der Waals surface area contributed by atoms with Crippen molar-refractivity contribution < 1.29 is 18.7 Å². The van der Waals surface area contributed by atoms with Crippen molar-refractivity contribution in [2.75, 3.05) is 11.9 Å². The zero-order valence-corrected chi connectivity index (χ0v) is 16.4. The molecule has 0 aliphatic carbocycles. The van der Waals surface area contributed by atoms with Gasteiger partial charge < -0.3 is 10.1 Å². The number of carbonyl (C=O) groups excluding carboxylic acids is 2. The lowest BCUT2D eigenvalue weighted by Gasteiger charge is -2.12. The number of halogens is 1. The number of amides is 1. The SMILES string of the molecule is O=C(COC(=O)c1cncn1-c1ccc(F)cc1)Nc1ccccc1-c1ccccc1. The molecule has 1 N–H and O–H groups in total. The largest absolute Gasteiger partial charge is 0.451 e. The van der Waals surface area contributed by atoms with Crippen molar-refractivity contribution in [3.63, 3.8) is 0 Å². The molecule has 3 aromatic carbocycles. The first-order valence-electron chi connectivity index (χ1n) is 9.51. The molecule has 4 aromatic rings. The van der Waals surface area contributed by atoms with Gasteiger partial charge in [-0.1, -0.05) is 48.5 Å². The highest BCUT2D eigenvalue weighted by atomic mass is 19.1. The molecular weight excluding hydrogens is 397 g/mol. The summed E-state index contributed by atoms with van der Waals surface area (Å²) < 4.78 is 19.8. The third kappa shape index (κ3) is 4.67. The number of carbonyl (C=O) groups is 2. The molecule has 0 spiro atoms. The van der Waals surface area contributed by atoms with E-state index in [1.807, 2.05) is 48.5 Å². The second-order valence-corrected chi connectivity index (χ2v) is 6.66. The quantitative estimate of drug-likeness (QED) is 0.472. The minimum atomic E-state index is -0.715. The van der Waals surface area contributed by atoms with Gasteiger partial charge in [-0.25, -0.2) is 14.2 Å². The first-order chi connectivity index (χ1) is 15.1. The summed E-state index contributed by atoms with van der Waals surface area (Å²) in [5.41, 5.74) is 3.11. The van der Waals surface area contributed by atoms with Crippen molar-refractivity contribution in [2.45, 2.75) is 0 Å². The first kappa shape index (κ1) is 20.0. The molecule has 1 heterocycles. The van der Waals surface area contributed by atoms with Gasteiger partial charge in [0, 0.05) is 16.9 Å². The summed E-state index contributed by atoms with van der Waals surface area (Å²) in [5, 5.41) is 2.78. The highest BCUT2D eigenvalue weighted by molar-refractivity contribution is 5.98. The second-order valence-electron chi connectivity index (χ2n) is 6.66. The van der Waals surface area contributed by atoms with Crippen molar-refractivity contribution in [3.8, 4) is 16.8 Å². The van der Waals surface area contributed by atoms with E-state index in [-0.39, 0.29) is 11.5 Å². The van der Waals surface area contributed by atoms with E-state index < -0.39 is 18.5 Å². The number of rotatable bonds is 6. The van der Waals surface area contributed by atoms with Crippen LogP contribution >= 0.6 is 0 Å². The number of nitrogens with zero attached hydrogens (tertiary/aromatic N) is 2. The van der Waals surface area contributed by atoms with Gasteiger partial charge in [0.2, 0.25) is 0 Å². The minimum Gasteiger partial charge on any atom is -0.451 e. The summed E-state index contributed by atoms with van der Waals surface area (Å²) in [5.74, 6) is -1.57. The van der Waals surface area contributed by atoms with Crippen molar-refractivity contribution >= 4 is 17.6 Å². The van der Waals surface area contributed by atoms with Crippen LogP contribution in [0.2, 0.25) is 0 Å². The number of benzene rings is 3. The second kappa shape index (κ2) is 9.04. The van der Waals surface area contributed by atoms with Crippen LogP contribution in [0, 0.1) is 5.82 Å². The lowest BCUT2D eigenvalue weighted by Crippen LogP contribution is -2.22. The molecule has 31 heavy (non-hydrogen) atoms. The fourth-order valence-electron chi connectivity index (χ4n) is 3.11. The standard InChI is InChI=1S/C24H18FN3O3/c25-18-10-12-19(13-11-18)28-16-26-14-22(28)24(30)31-15-23(29)27-21-9-5-4-8-20(21)17-6-2-1-3-7-17/h1-14,16H,15H2,(H,27,29). The zero-order valence-electron chi connectivity index (χ0n) is 16.4. The van der Waals surface area contributed by atoms with Crippen LogP contribution < -0.4 is 5.32 Å². The smallest absolute Gasteiger partial charge is 0.357 e. The van der Waals surface area contributed by atoms with Crippen LogP contribution in [0.15, 0.2) is 91.4 Å². The summed E-state index contributed by atoms with van der Waals surface area (Å²) in [6.45, 7) is -0.462. The molecule has 0 radical (unpaired) electrons. The summed E-state index contributed by atoms with van der Waals surface area (Å²) in [6.07, 6.45) is 2.74.